The smallest absolute Gasteiger partial charge is 0.239 e. The van der Waals surface area contributed by atoms with E-state index in [9.17, 15) is 4.79 Å². The molecule has 0 aliphatic rings. The van der Waals surface area contributed by atoms with Crippen molar-refractivity contribution in [3.8, 4) is 0 Å². The quantitative estimate of drug-likeness (QED) is 0.754. The van der Waals surface area contributed by atoms with Gasteiger partial charge in [0.1, 0.15) is 0 Å². The van der Waals surface area contributed by atoms with Crippen molar-refractivity contribution in [3.05, 3.63) is 24.0 Å². The molecule has 0 fully saturated rings. The van der Waals surface area contributed by atoms with Gasteiger partial charge < -0.3 is 16.0 Å². The monoisotopic (exact) mass is 236 g/mol. The molecule has 0 bridgehead atoms. The van der Waals surface area contributed by atoms with Crippen molar-refractivity contribution in [1.82, 2.24) is 10.3 Å². The van der Waals surface area contributed by atoms with Gasteiger partial charge in [0.2, 0.25) is 5.91 Å². The van der Waals surface area contributed by atoms with E-state index in [2.05, 4.69) is 17.2 Å². The van der Waals surface area contributed by atoms with Crippen molar-refractivity contribution >= 4 is 11.6 Å². The topological polar surface area (TPSA) is 71.2 Å². The van der Waals surface area contributed by atoms with E-state index in [4.69, 9.17) is 5.73 Å². The molecule has 0 spiro atoms. The zero-order chi connectivity index (χ0) is 12.7. The molecule has 1 aromatic heterocycles. The van der Waals surface area contributed by atoms with Crippen LogP contribution in [0.1, 0.15) is 19.0 Å². The summed E-state index contributed by atoms with van der Waals surface area (Å²) in [5, 5.41) is 2.63. The third kappa shape index (κ3) is 4.03. The fourth-order valence-electron chi connectivity index (χ4n) is 1.60. The second kappa shape index (κ2) is 6.85. The Morgan fingerprint density at radius 1 is 1.59 bits per heavy atom. The lowest BCUT2D eigenvalue weighted by Gasteiger charge is -2.23. The minimum Gasteiger partial charge on any atom is -0.362 e. The van der Waals surface area contributed by atoms with Crippen LogP contribution in [0.15, 0.2) is 18.3 Å². The molecule has 1 aromatic rings. The molecule has 1 amide bonds. The van der Waals surface area contributed by atoms with E-state index in [0.29, 0.717) is 13.1 Å². The summed E-state index contributed by atoms with van der Waals surface area (Å²) in [6.45, 7) is 3.69. The van der Waals surface area contributed by atoms with E-state index in [-0.39, 0.29) is 5.91 Å². The molecular formula is C12H20N4O. The van der Waals surface area contributed by atoms with Gasteiger partial charge in [-0.2, -0.15) is 0 Å². The van der Waals surface area contributed by atoms with Crippen molar-refractivity contribution < 1.29 is 4.79 Å². The molecule has 0 atom stereocenters. The van der Waals surface area contributed by atoms with Crippen LogP contribution >= 0.6 is 0 Å². The minimum atomic E-state index is 0.00422. The van der Waals surface area contributed by atoms with Gasteiger partial charge in [-0.1, -0.05) is 6.92 Å². The first-order valence-electron chi connectivity index (χ1n) is 5.81. The Labute approximate surface area is 102 Å². The van der Waals surface area contributed by atoms with Gasteiger partial charge in [0.25, 0.3) is 0 Å². The molecular weight excluding hydrogens is 216 g/mol. The van der Waals surface area contributed by atoms with E-state index < -0.39 is 0 Å². The Hall–Kier alpha value is -1.62. The largest absolute Gasteiger partial charge is 0.362 e. The van der Waals surface area contributed by atoms with Crippen molar-refractivity contribution in [2.75, 3.05) is 25.0 Å². The average Bonchev–Trinajstić information content (AvgIpc) is 2.38. The SMILES string of the molecule is CCCN(CC(=O)NC)c1ccnc(CN)c1. The Morgan fingerprint density at radius 2 is 2.35 bits per heavy atom. The third-order valence-corrected chi connectivity index (χ3v) is 2.48. The summed E-state index contributed by atoms with van der Waals surface area (Å²) in [5.41, 5.74) is 7.39. The summed E-state index contributed by atoms with van der Waals surface area (Å²) in [6, 6.07) is 3.83. The average molecular weight is 236 g/mol. The van der Waals surface area contributed by atoms with Gasteiger partial charge in [-0.25, -0.2) is 0 Å². The van der Waals surface area contributed by atoms with Crippen molar-refractivity contribution in [3.63, 3.8) is 0 Å². The first-order valence-corrected chi connectivity index (χ1v) is 5.81. The zero-order valence-corrected chi connectivity index (χ0v) is 10.4. The van der Waals surface area contributed by atoms with Crippen LogP contribution in [0.5, 0.6) is 0 Å². The van der Waals surface area contributed by atoms with Crippen LogP contribution in [0.3, 0.4) is 0 Å². The predicted octanol–water partition coefficient (Wildman–Crippen LogP) is 0.503. The number of nitrogens with zero attached hydrogens (tertiary/aromatic N) is 2. The van der Waals surface area contributed by atoms with Crippen LogP contribution in [0.25, 0.3) is 0 Å². The Balaban J connectivity index is 2.84. The molecule has 5 nitrogen and oxygen atoms in total. The summed E-state index contributed by atoms with van der Waals surface area (Å²) in [6.07, 6.45) is 2.71. The maximum Gasteiger partial charge on any atom is 0.239 e. The van der Waals surface area contributed by atoms with Gasteiger partial charge in [0, 0.05) is 32.0 Å². The molecule has 0 radical (unpaired) electrons. The molecule has 0 saturated heterocycles. The molecule has 94 valence electrons. The second-order valence-corrected chi connectivity index (χ2v) is 3.80. The highest BCUT2D eigenvalue weighted by atomic mass is 16.1. The molecule has 3 N–H and O–H groups in total. The number of amides is 1. The summed E-state index contributed by atoms with van der Waals surface area (Å²) >= 11 is 0. The van der Waals surface area contributed by atoms with E-state index in [1.807, 2.05) is 17.0 Å². The number of nitrogens with two attached hydrogens (primary N) is 1. The van der Waals surface area contributed by atoms with Gasteiger partial charge in [-0.3, -0.25) is 9.78 Å². The van der Waals surface area contributed by atoms with Crippen LogP contribution in [-0.2, 0) is 11.3 Å². The summed E-state index contributed by atoms with van der Waals surface area (Å²) in [4.78, 5) is 17.6. The predicted molar refractivity (Wildman–Crippen MR) is 68.7 cm³/mol. The number of hydrogen-bond acceptors (Lipinski definition) is 4. The lowest BCUT2D eigenvalue weighted by Crippen LogP contribution is -2.36. The van der Waals surface area contributed by atoms with Gasteiger partial charge >= 0.3 is 0 Å². The maximum atomic E-state index is 11.4. The maximum absolute atomic E-state index is 11.4. The number of rotatable bonds is 6. The van der Waals surface area contributed by atoms with Crippen LogP contribution in [-0.4, -0.2) is 31.0 Å². The number of carbonyl (C=O) groups is 1. The molecule has 5 heteroatoms. The summed E-state index contributed by atoms with van der Waals surface area (Å²) < 4.78 is 0. The molecule has 1 heterocycles. The summed E-state index contributed by atoms with van der Waals surface area (Å²) in [5.74, 6) is 0.00422. The van der Waals surface area contributed by atoms with E-state index in [1.165, 1.54) is 0 Å². The Morgan fingerprint density at radius 3 is 2.94 bits per heavy atom. The van der Waals surface area contributed by atoms with Gasteiger partial charge in [-0.05, 0) is 18.6 Å². The molecule has 1 rings (SSSR count). The molecule has 0 unspecified atom stereocenters. The van der Waals surface area contributed by atoms with Gasteiger partial charge in [0.05, 0.1) is 12.2 Å². The zero-order valence-electron chi connectivity index (χ0n) is 10.4. The standard InChI is InChI=1S/C12H20N4O/c1-3-6-16(9-12(17)14-2)11-4-5-15-10(7-11)8-13/h4-5,7H,3,6,8-9,13H2,1-2H3,(H,14,17). The fraction of sp³-hybridized carbons (Fsp3) is 0.500. The second-order valence-electron chi connectivity index (χ2n) is 3.80. The van der Waals surface area contributed by atoms with Crippen molar-refractivity contribution in [1.29, 1.82) is 0 Å². The molecule has 0 aromatic carbocycles. The van der Waals surface area contributed by atoms with E-state index in [0.717, 1.165) is 24.3 Å². The highest BCUT2D eigenvalue weighted by molar-refractivity contribution is 5.81. The molecule has 0 saturated carbocycles. The fourth-order valence-corrected chi connectivity index (χ4v) is 1.60. The van der Waals surface area contributed by atoms with Crippen LogP contribution in [0, 0.1) is 0 Å². The first-order chi connectivity index (χ1) is 8.21. The number of anilines is 1. The minimum absolute atomic E-state index is 0.00422. The Bertz CT molecular complexity index is 367. The third-order valence-electron chi connectivity index (χ3n) is 2.48. The highest BCUT2D eigenvalue weighted by Gasteiger charge is 2.10. The van der Waals surface area contributed by atoms with Crippen molar-refractivity contribution in [2.45, 2.75) is 19.9 Å². The number of aromatic nitrogens is 1. The normalized spacial score (nSPS) is 10.1. The highest BCUT2D eigenvalue weighted by Crippen LogP contribution is 2.14. The number of carbonyl (C=O) groups excluding carboxylic acids is 1. The Kier molecular flexibility index (Phi) is 5.42. The lowest BCUT2D eigenvalue weighted by molar-refractivity contribution is -0.119. The molecule has 0 aliphatic heterocycles. The lowest BCUT2D eigenvalue weighted by atomic mass is 10.2. The molecule has 17 heavy (non-hydrogen) atoms. The number of pyridine rings is 1. The van der Waals surface area contributed by atoms with Crippen LogP contribution in [0.2, 0.25) is 0 Å². The van der Waals surface area contributed by atoms with Crippen LogP contribution < -0.4 is 16.0 Å². The summed E-state index contributed by atoms with van der Waals surface area (Å²) in [7, 11) is 1.64. The van der Waals surface area contributed by atoms with E-state index in [1.54, 1.807) is 13.2 Å². The first kappa shape index (κ1) is 13.4. The van der Waals surface area contributed by atoms with Gasteiger partial charge in [0.15, 0.2) is 0 Å². The number of likely N-dealkylation sites (N-methyl/N-ethyl adjacent to an activating group) is 1. The van der Waals surface area contributed by atoms with Crippen LogP contribution in [0.4, 0.5) is 5.69 Å². The van der Waals surface area contributed by atoms with E-state index >= 15 is 0 Å². The molecule has 0 aliphatic carbocycles. The van der Waals surface area contributed by atoms with Gasteiger partial charge in [-0.15, -0.1) is 0 Å². The van der Waals surface area contributed by atoms with Crippen molar-refractivity contribution in [2.24, 2.45) is 5.73 Å². The number of nitrogens with one attached hydrogen (secondary N) is 1. The number of hydrogen-bond donors (Lipinski definition) is 2.